The number of rotatable bonds is 11. The number of Topliss-reactive ketones (excluding diaryl/α,β-unsaturated/α-hetero) is 1. The Morgan fingerprint density at radius 1 is 1.04 bits per heavy atom. The van der Waals surface area contributed by atoms with E-state index in [4.69, 9.17) is 4.74 Å². The lowest BCUT2D eigenvalue weighted by atomic mass is 9.78. The van der Waals surface area contributed by atoms with Crippen LogP contribution in [0.4, 0.5) is 0 Å². The normalized spacial score (nSPS) is 21.3. The van der Waals surface area contributed by atoms with Crippen LogP contribution in [0.15, 0.2) is 12.2 Å². The van der Waals surface area contributed by atoms with Crippen LogP contribution in [0.1, 0.15) is 105 Å². The van der Waals surface area contributed by atoms with Crippen molar-refractivity contribution in [3.05, 3.63) is 12.2 Å². The standard InChI is InChI=1S/C23H40O3/c1-5-6-7-8-9-10-11-12-13-14-16-19-17-15-18-20(21(19)24)22(25)26-23(2,3)4/h12-13,19-20H,5-11,14-18H2,1-4H3. The van der Waals surface area contributed by atoms with Crippen molar-refractivity contribution in [1.29, 1.82) is 0 Å². The summed E-state index contributed by atoms with van der Waals surface area (Å²) in [6.45, 7) is 7.80. The Morgan fingerprint density at radius 2 is 1.69 bits per heavy atom. The van der Waals surface area contributed by atoms with Gasteiger partial charge in [-0.05, 0) is 59.3 Å². The van der Waals surface area contributed by atoms with Gasteiger partial charge in [0.15, 0.2) is 0 Å². The van der Waals surface area contributed by atoms with Crippen molar-refractivity contribution < 1.29 is 14.3 Å². The van der Waals surface area contributed by atoms with E-state index in [2.05, 4.69) is 19.1 Å². The molecule has 1 saturated carbocycles. The monoisotopic (exact) mass is 364 g/mol. The molecule has 1 aliphatic rings. The van der Waals surface area contributed by atoms with Gasteiger partial charge in [0, 0.05) is 5.92 Å². The molecule has 2 atom stereocenters. The van der Waals surface area contributed by atoms with Crippen molar-refractivity contribution in [2.24, 2.45) is 11.8 Å². The molecule has 0 radical (unpaired) electrons. The van der Waals surface area contributed by atoms with Crippen molar-refractivity contribution in [2.75, 3.05) is 0 Å². The van der Waals surface area contributed by atoms with E-state index in [0.717, 1.165) is 32.1 Å². The molecule has 0 N–H and O–H groups in total. The lowest BCUT2D eigenvalue weighted by Crippen LogP contribution is -2.38. The van der Waals surface area contributed by atoms with Crippen LogP contribution < -0.4 is 0 Å². The largest absolute Gasteiger partial charge is 0.459 e. The molecule has 0 bridgehead atoms. The summed E-state index contributed by atoms with van der Waals surface area (Å²) in [6.07, 6.45) is 17.9. The fourth-order valence-corrected chi connectivity index (χ4v) is 3.61. The van der Waals surface area contributed by atoms with Crippen LogP contribution in [-0.4, -0.2) is 17.4 Å². The molecule has 0 spiro atoms. The van der Waals surface area contributed by atoms with Crippen molar-refractivity contribution in [3.63, 3.8) is 0 Å². The summed E-state index contributed by atoms with van der Waals surface area (Å²) in [4.78, 5) is 24.9. The minimum absolute atomic E-state index is 0.0277. The van der Waals surface area contributed by atoms with E-state index in [9.17, 15) is 9.59 Å². The number of carbonyl (C=O) groups is 2. The van der Waals surface area contributed by atoms with Gasteiger partial charge in [0.05, 0.1) is 0 Å². The average Bonchev–Trinajstić information content (AvgIpc) is 2.56. The van der Waals surface area contributed by atoms with Crippen LogP contribution in [-0.2, 0) is 14.3 Å². The predicted octanol–water partition coefficient (Wildman–Crippen LogP) is 6.40. The molecule has 3 heteroatoms. The van der Waals surface area contributed by atoms with Crippen LogP contribution in [0.3, 0.4) is 0 Å². The third-order valence-corrected chi connectivity index (χ3v) is 5.06. The maximum atomic E-state index is 12.6. The minimum Gasteiger partial charge on any atom is -0.459 e. The Balaban J connectivity index is 2.25. The van der Waals surface area contributed by atoms with Gasteiger partial charge in [0.1, 0.15) is 17.3 Å². The van der Waals surface area contributed by atoms with Crippen LogP contribution in [0.5, 0.6) is 0 Å². The molecule has 1 aliphatic carbocycles. The molecule has 0 aromatic heterocycles. The quantitative estimate of drug-likeness (QED) is 0.184. The van der Waals surface area contributed by atoms with Gasteiger partial charge >= 0.3 is 5.97 Å². The maximum absolute atomic E-state index is 12.6. The summed E-state index contributed by atoms with van der Waals surface area (Å²) in [5.41, 5.74) is -0.524. The minimum atomic E-state index is -0.542. The van der Waals surface area contributed by atoms with E-state index in [0.29, 0.717) is 6.42 Å². The first kappa shape index (κ1) is 22.9. The molecular weight excluding hydrogens is 324 g/mol. The van der Waals surface area contributed by atoms with Gasteiger partial charge in [0.2, 0.25) is 0 Å². The summed E-state index contributed by atoms with van der Waals surface area (Å²) in [6, 6.07) is 0. The van der Waals surface area contributed by atoms with Crippen molar-refractivity contribution in [2.45, 2.75) is 110 Å². The second kappa shape index (κ2) is 12.3. The summed E-state index contributed by atoms with van der Waals surface area (Å²) in [7, 11) is 0. The Kier molecular flexibility index (Phi) is 10.8. The highest BCUT2D eigenvalue weighted by atomic mass is 16.6. The van der Waals surface area contributed by atoms with Gasteiger partial charge in [-0.2, -0.15) is 0 Å². The van der Waals surface area contributed by atoms with E-state index in [-0.39, 0.29) is 17.7 Å². The topological polar surface area (TPSA) is 43.4 Å². The summed E-state index contributed by atoms with van der Waals surface area (Å²) < 4.78 is 5.43. The van der Waals surface area contributed by atoms with Gasteiger partial charge in [0.25, 0.3) is 0 Å². The lowest BCUT2D eigenvalue weighted by Gasteiger charge is -2.29. The van der Waals surface area contributed by atoms with Gasteiger partial charge in [-0.25, -0.2) is 0 Å². The molecule has 1 fully saturated rings. The first-order valence-electron chi connectivity index (χ1n) is 10.8. The first-order chi connectivity index (χ1) is 12.3. The fourth-order valence-electron chi connectivity index (χ4n) is 3.61. The smallest absolute Gasteiger partial charge is 0.317 e. The van der Waals surface area contributed by atoms with Crippen molar-refractivity contribution in [3.8, 4) is 0 Å². The van der Waals surface area contributed by atoms with E-state index < -0.39 is 11.5 Å². The maximum Gasteiger partial charge on any atom is 0.317 e. The highest BCUT2D eigenvalue weighted by Gasteiger charge is 2.37. The van der Waals surface area contributed by atoms with Gasteiger partial charge in [-0.1, -0.05) is 57.6 Å². The third kappa shape index (κ3) is 9.54. The van der Waals surface area contributed by atoms with Crippen molar-refractivity contribution in [1.82, 2.24) is 0 Å². The highest BCUT2D eigenvalue weighted by molar-refractivity contribution is 6.00. The second-order valence-electron chi connectivity index (χ2n) is 8.72. The number of ketones is 1. The molecule has 0 aliphatic heterocycles. The Bertz CT molecular complexity index is 445. The van der Waals surface area contributed by atoms with Crippen LogP contribution in [0.2, 0.25) is 0 Å². The fraction of sp³-hybridized carbons (Fsp3) is 0.826. The van der Waals surface area contributed by atoms with Crippen LogP contribution >= 0.6 is 0 Å². The SMILES string of the molecule is CCCCCCCCC=CCCC1CCCC(C(=O)OC(C)(C)C)C1=O. The Labute approximate surface area is 161 Å². The molecule has 3 nitrogen and oxygen atoms in total. The van der Waals surface area contributed by atoms with E-state index in [1.807, 2.05) is 20.8 Å². The highest BCUT2D eigenvalue weighted by Crippen LogP contribution is 2.30. The van der Waals surface area contributed by atoms with E-state index in [1.54, 1.807) is 0 Å². The zero-order valence-electron chi connectivity index (χ0n) is 17.5. The number of ether oxygens (including phenoxy) is 1. The first-order valence-corrected chi connectivity index (χ1v) is 10.8. The number of hydrogen-bond donors (Lipinski definition) is 0. The molecule has 0 heterocycles. The number of hydrogen-bond acceptors (Lipinski definition) is 3. The van der Waals surface area contributed by atoms with Crippen LogP contribution in [0, 0.1) is 11.8 Å². The molecule has 0 aromatic rings. The van der Waals surface area contributed by atoms with E-state index in [1.165, 1.54) is 38.5 Å². The molecule has 0 amide bonds. The predicted molar refractivity (Wildman–Crippen MR) is 108 cm³/mol. The number of unbranched alkanes of at least 4 members (excludes halogenated alkanes) is 6. The molecule has 150 valence electrons. The Morgan fingerprint density at radius 3 is 2.38 bits per heavy atom. The molecule has 0 aromatic carbocycles. The average molecular weight is 365 g/mol. The zero-order valence-corrected chi connectivity index (χ0v) is 17.5. The van der Waals surface area contributed by atoms with Gasteiger partial charge in [-0.3, -0.25) is 9.59 Å². The molecule has 1 rings (SSSR count). The molecule has 26 heavy (non-hydrogen) atoms. The second-order valence-corrected chi connectivity index (χ2v) is 8.72. The lowest BCUT2D eigenvalue weighted by molar-refractivity contribution is -0.164. The molecular formula is C23H40O3. The summed E-state index contributed by atoms with van der Waals surface area (Å²) >= 11 is 0. The van der Waals surface area contributed by atoms with E-state index >= 15 is 0 Å². The number of carbonyl (C=O) groups excluding carboxylic acids is 2. The van der Waals surface area contributed by atoms with Crippen molar-refractivity contribution >= 4 is 11.8 Å². The number of esters is 1. The van der Waals surface area contributed by atoms with Crippen LogP contribution in [0.25, 0.3) is 0 Å². The molecule has 2 unspecified atom stereocenters. The van der Waals surface area contributed by atoms with Gasteiger partial charge < -0.3 is 4.74 Å². The summed E-state index contributed by atoms with van der Waals surface area (Å²) in [5, 5.41) is 0. The summed E-state index contributed by atoms with van der Waals surface area (Å²) in [5.74, 6) is -0.735. The zero-order chi connectivity index (χ0) is 19.4. The Hall–Kier alpha value is -1.12. The third-order valence-electron chi connectivity index (χ3n) is 5.06. The van der Waals surface area contributed by atoms with Gasteiger partial charge in [-0.15, -0.1) is 0 Å². The molecule has 0 saturated heterocycles. The number of allylic oxidation sites excluding steroid dienone is 2.